The fraction of sp³-hybridized carbons (Fsp3) is 0.308. The van der Waals surface area contributed by atoms with Crippen molar-refractivity contribution in [2.45, 2.75) is 37.5 Å². The number of ether oxygens (including phenoxy) is 2. The van der Waals surface area contributed by atoms with E-state index in [1.807, 2.05) is 0 Å². The minimum atomic E-state index is -1.61. The average molecular weight is 499 g/mol. The Morgan fingerprint density at radius 3 is 1.35 bits per heavy atom. The number of hydrogen-bond acceptors (Lipinski definition) is 6. The smallest absolute Gasteiger partial charge is 0.331 e. The van der Waals surface area contributed by atoms with Crippen LogP contribution < -0.4 is 0 Å². The van der Waals surface area contributed by atoms with Crippen LogP contribution in [0.4, 0.5) is 0 Å². The van der Waals surface area contributed by atoms with E-state index in [-0.39, 0.29) is 26.1 Å². The van der Waals surface area contributed by atoms with E-state index in [9.17, 15) is 20.1 Å². The average Bonchev–Trinajstić information content (AvgIpc) is 2.83. The number of nitrogens with zero attached hydrogens (tertiary/aromatic N) is 2. The predicted octanol–water partition coefficient (Wildman–Crippen LogP) is 5.68. The highest BCUT2D eigenvalue weighted by molar-refractivity contribution is 6.30. The number of esters is 2. The fourth-order valence-corrected chi connectivity index (χ4v) is 3.70. The minimum absolute atomic E-state index is 0.0328. The Labute approximate surface area is 209 Å². The quantitative estimate of drug-likeness (QED) is 0.308. The van der Waals surface area contributed by atoms with Crippen LogP contribution in [-0.2, 0) is 29.9 Å². The lowest BCUT2D eigenvalue weighted by molar-refractivity contribution is -0.148. The number of benzene rings is 2. The molecule has 0 aliphatic rings. The van der Waals surface area contributed by atoms with Crippen LogP contribution in [0.25, 0.3) is 0 Å². The van der Waals surface area contributed by atoms with Gasteiger partial charge in [0.05, 0.1) is 25.4 Å². The first kappa shape index (κ1) is 26.9. The van der Waals surface area contributed by atoms with Crippen LogP contribution in [0.3, 0.4) is 0 Å². The van der Waals surface area contributed by atoms with Gasteiger partial charge in [-0.05, 0) is 62.1 Å². The van der Waals surface area contributed by atoms with Crippen LogP contribution in [0.5, 0.6) is 0 Å². The highest BCUT2D eigenvalue weighted by atomic mass is 35.5. The zero-order valence-corrected chi connectivity index (χ0v) is 20.4. The van der Waals surface area contributed by atoms with Crippen LogP contribution in [0.15, 0.2) is 60.7 Å². The Balaban J connectivity index is 2.42. The van der Waals surface area contributed by atoms with Gasteiger partial charge in [-0.25, -0.2) is 9.59 Å². The Kier molecular flexibility index (Phi) is 9.69. The topological polar surface area (TPSA) is 100 Å². The van der Waals surface area contributed by atoms with Crippen molar-refractivity contribution in [1.82, 2.24) is 0 Å². The number of carbonyl (C=O) groups is 2. The van der Waals surface area contributed by atoms with E-state index in [1.54, 1.807) is 74.5 Å². The Hall–Kier alpha value is -3.32. The highest BCUT2D eigenvalue weighted by Crippen LogP contribution is 2.34. The number of carbonyl (C=O) groups excluding carboxylic acids is 2. The van der Waals surface area contributed by atoms with Crippen LogP contribution in [-0.4, -0.2) is 25.2 Å². The third kappa shape index (κ3) is 5.78. The molecule has 0 fully saturated rings. The monoisotopic (exact) mass is 498 g/mol. The number of rotatable bonds is 10. The number of halogens is 2. The van der Waals surface area contributed by atoms with Gasteiger partial charge in [0.1, 0.15) is 0 Å². The number of hydrogen-bond donors (Lipinski definition) is 0. The molecular weight excluding hydrogens is 475 g/mol. The summed E-state index contributed by atoms with van der Waals surface area (Å²) in [6.07, 6.45) is 3.12. The molecule has 34 heavy (non-hydrogen) atoms. The summed E-state index contributed by atoms with van der Waals surface area (Å²) in [5, 5.41) is 20.9. The molecule has 0 amide bonds. The van der Waals surface area contributed by atoms with Crippen molar-refractivity contribution in [3.63, 3.8) is 0 Å². The summed E-state index contributed by atoms with van der Waals surface area (Å²) in [6.45, 7) is 3.53. The first-order valence-corrected chi connectivity index (χ1v) is 11.4. The van der Waals surface area contributed by atoms with Crippen molar-refractivity contribution in [3.8, 4) is 12.1 Å². The maximum absolute atomic E-state index is 12.8. The van der Waals surface area contributed by atoms with Crippen molar-refractivity contribution >= 4 is 35.1 Å². The molecule has 0 N–H and O–H groups in total. The summed E-state index contributed by atoms with van der Waals surface area (Å²) in [7, 11) is 0. The molecule has 176 valence electrons. The molecule has 0 aromatic heterocycles. The fourth-order valence-electron chi connectivity index (χ4n) is 3.45. The molecule has 2 aromatic rings. The van der Waals surface area contributed by atoms with Gasteiger partial charge >= 0.3 is 11.9 Å². The van der Waals surface area contributed by atoms with Gasteiger partial charge in [-0.2, -0.15) is 10.5 Å². The molecule has 8 heteroatoms. The second kappa shape index (κ2) is 12.2. The van der Waals surface area contributed by atoms with Gasteiger partial charge < -0.3 is 9.47 Å². The second-order valence-electron chi connectivity index (χ2n) is 7.37. The van der Waals surface area contributed by atoms with E-state index in [2.05, 4.69) is 12.1 Å². The zero-order chi connectivity index (χ0) is 25.2. The molecule has 0 aliphatic carbocycles. The molecule has 2 unspecified atom stereocenters. The van der Waals surface area contributed by atoms with Gasteiger partial charge in [0, 0.05) is 10.0 Å². The maximum atomic E-state index is 12.8. The molecule has 2 rings (SSSR count). The van der Waals surface area contributed by atoms with Crippen LogP contribution in [0.1, 0.15) is 37.8 Å². The van der Waals surface area contributed by atoms with Crippen molar-refractivity contribution in [2.75, 3.05) is 13.2 Å². The maximum Gasteiger partial charge on any atom is 0.331 e. The molecule has 0 radical (unpaired) electrons. The SMILES string of the molecule is CCOC(=O)C(C#N)(C/C=C/CC(C#N)(C(=O)OCC)c1ccc(Cl)cc1)c1ccc(Cl)cc1. The first-order valence-electron chi connectivity index (χ1n) is 10.6. The van der Waals surface area contributed by atoms with E-state index in [0.717, 1.165) is 0 Å². The minimum Gasteiger partial charge on any atom is -0.465 e. The number of allylic oxidation sites excluding steroid dienone is 2. The van der Waals surface area contributed by atoms with E-state index in [0.29, 0.717) is 21.2 Å². The van der Waals surface area contributed by atoms with Crippen LogP contribution >= 0.6 is 23.2 Å². The third-order valence-electron chi connectivity index (χ3n) is 5.32. The Morgan fingerprint density at radius 1 is 0.765 bits per heavy atom. The molecule has 0 saturated carbocycles. The van der Waals surface area contributed by atoms with Crippen LogP contribution in [0, 0.1) is 22.7 Å². The molecular formula is C26H24Cl2N2O4. The van der Waals surface area contributed by atoms with E-state index < -0.39 is 22.8 Å². The van der Waals surface area contributed by atoms with Gasteiger partial charge in [-0.15, -0.1) is 0 Å². The van der Waals surface area contributed by atoms with Crippen molar-refractivity contribution < 1.29 is 19.1 Å². The van der Waals surface area contributed by atoms with Crippen molar-refractivity contribution in [1.29, 1.82) is 10.5 Å². The van der Waals surface area contributed by atoms with Crippen LogP contribution in [0.2, 0.25) is 10.0 Å². The normalized spacial score (nSPS) is 14.3. The Morgan fingerprint density at radius 2 is 1.09 bits per heavy atom. The molecule has 6 nitrogen and oxygen atoms in total. The van der Waals surface area contributed by atoms with Crippen molar-refractivity contribution in [2.24, 2.45) is 0 Å². The molecule has 0 bridgehead atoms. The number of nitriles is 2. The lowest BCUT2D eigenvalue weighted by atomic mass is 9.77. The lowest BCUT2D eigenvalue weighted by Crippen LogP contribution is -2.36. The molecule has 0 spiro atoms. The summed E-state index contributed by atoms with van der Waals surface area (Å²) >= 11 is 11.9. The summed E-state index contributed by atoms with van der Waals surface area (Å²) < 4.78 is 10.4. The molecule has 0 saturated heterocycles. The molecule has 2 aromatic carbocycles. The predicted molar refractivity (Wildman–Crippen MR) is 129 cm³/mol. The first-order chi connectivity index (χ1) is 16.3. The van der Waals surface area contributed by atoms with Gasteiger partial charge in [0.15, 0.2) is 10.8 Å². The van der Waals surface area contributed by atoms with Gasteiger partial charge in [-0.3, -0.25) is 0 Å². The van der Waals surface area contributed by atoms with E-state index >= 15 is 0 Å². The highest BCUT2D eigenvalue weighted by Gasteiger charge is 2.43. The summed E-state index contributed by atoms with van der Waals surface area (Å²) in [5.74, 6) is -1.39. The second-order valence-corrected chi connectivity index (χ2v) is 8.24. The summed E-state index contributed by atoms with van der Waals surface area (Å²) in [5.41, 5.74) is -2.37. The largest absolute Gasteiger partial charge is 0.465 e. The van der Waals surface area contributed by atoms with Gasteiger partial charge in [0.2, 0.25) is 0 Å². The molecule has 0 heterocycles. The third-order valence-corrected chi connectivity index (χ3v) is 5.82. The van der Waals surface area contributed by atoms with Gasteiger partial charge in [-0.1, -0.05) is 59.6 Å². The summed E-state index contributed by atoms with van der Waals surface area (Å²) in [4.78, 5) is 25.7. The molecule has 2 atom stereocenters. The zero-order valence-electron chi connectivity index (χ0n) is 18.9. The summed E-state index contributed by atoms with van der Waals surface area (Å²) in [6, 6.07) is 16.9. The Bertz CT molecular complexity index is 1030. The molecule has 0 aliphatic heterocycles. The van der Waals surface area contributed by atoms with E-state index in [4.69, 9.17) is 32.7 Å². The van der Waals surface area contributed by atoms with Crippen molar-refractivity contribution in [3.05, 3.63) is 81.9 Å². The van der Waals surface area contributed by atoms with E-state index in [1.165, 1.54) is 0 Å². The van der Waals surface area contributed by atoms with Gasteiger partial charge in [0.25, 0.3) is 0 Å². The standard InChI is InChI=1S/C26H24Cl2N2O4/c1-3-33-23(31)25(17-29,19-7-11-21(27)12-8-19)15-5-6-16-26(18-30,24(32)34-4-2)20-9-13-22(28)14-10-20/h5-14H,3-4,15-16H2,1-2H3/b6-5+. The lowest BCUT2D eigenvalue weighted by Gasteiger charge is -2.25.